The van der Waals surface area contributed by atoms with Gasteiger partial charge in [-0.05, 0) is 23.4 Å². The van der Waals surface area contributed by atoms with Crippen molar-refractivity contribution in [3.8, 4) is 11.8 Å². The summed E-state index contributed by atoms with van der Waals surface area (Å²) in [6.07, 6.45) is 1.14. The van der Waals surface area contributed by atoms with Crippen LogP contribution in [0.15, 0.2) is 36.4 Å². The third-order valence-electron chi connectivity index (χ3n) is 3.16. The third-order valence-corrected chi connectivity index (χ3v) is 3.16. The topological polar surface area (TPSA) is 62.1 Å². The molecule has 0 aliphatic carbocycles. The van der Waals surface area contributed by atoms with Crippen molar-refractivity contribution >= 4 is 16.7 Å². The minimum atomic E-state index is 0.0267. The Morgan fingerprint density at radius 3 is 2.75 bits per heavy atom. The number of nitrogens with zero attached hydrogens (tertiary/aromatic N) is 1. The van der Waals surface area contributed by atoms with Crippen molar-refractivity contribution in [2.24, 2.45) is 0 Å². The summed E-state index contributed by atoms with van der Waals surface area (Å²) in [5, 5.41) is 13.3. The van der Waals surface area contributed by atoms with Gasteiger partial charge in [-0.3, -0.25) is 4.79 Å². The largest absolute Gasteiger partial charge is 0.478 e. The molecular weight excluding hydrogens is 252 g/mol. The summed E-state index contributed by atoms with van der Waals surface area (Å²) in [5.74, 6) is 0.727. The molecule has 0 fully saturated rings. The Kier molecular flexibility index (Phi) is 4.56. The molecule has 0 aromatic heterocycles. The normalized spacial score (nSPS) is 10.0. The summed E-state index contributed by atoms with van der Waals surface area (Å²) in [7, 11) is 1.64. The first-order valence-corrected chi connectivity index (χ1v) is 6.47. The molecule has 0 radical (unpaired) electrons. The van der Waals surface area contributed by atoms with Gasteiger partial charge in [-0.2, -0.15) is 5.26 Å². The molecule has 4 heteroatoms. The Bertz CT molecular complexity index is 659. The van der Waals surface area contributed by atoms with Gasteiger partial charge in [0.1, 0.15) is 11.8 Å². The maximum absolute atomic E-state index is 11.4. The van der Waals surface area contributed by atoms with E-state index in [1.54, 1.807) is 7.05 Å². The van der Waals surface area contributed by atoms with Crippen molar-refractivity contribution in [2.45, 2.75) is 12.8 Å². The standard InChI is InChI=1S/C16H16N2O2/c1-18-16(19)9-8-12-4-2-6-14-13(12)5-3-7-15(14)20-11-10-17/h2-7H,8-9,11H2,1H3,(H,18,19). The van der Waals surface area contributed by atoms with Gasteiger partial charge < -0.3 is 10.1 Å². The highest BCUT2D eigenvalue weighted by atomic mass is 16.5. The first-order valence-electron chi connectivity index (χ1n) is 6.47. The minimum absolute atomic E-state index is 0.0267. The predicted octanol–water partition coefficient (Wildman–Crippen LogP) is 2.42. The van der Waals surface area contributed by atoms with Crippen LogP contribution in [-0.2, 0) is 11.2 Å². The molecule has 0 aliphatic rings. The highest BCUT2D eigenvalue weighted by Crippen LogP contribution is 2.28. The van der Waals surface area contributed by atoms with E-state index < -0.39 is 0 Å². The summed E-state index contributed by atoms with van der Waals surface area (Å²) < 4.78 is 5.43. The number of rotatable bonds is 5. The van der Waals surface area contributed by atoms with Crippen LogP contribution in [0.3, 0.4) is 0 Å². The second kappa shape index (κ2) is 6.58. The van der Waals surface area contributed by atoms with Crippen LogP contribution in [0.5, 0.6) is 5.75 Å². The van der Waals surface area contributed by atoms with E-state index in [0.29, 0.717) is 18.6 Å². The van der Waals surface area contributed by atoms with Crippen LogP contribution in [-0.4, -0.2) is 19.6 Å². The number of fused-ring (bicyclic) bond motifs is 1. The lowest BCUT2D eigenvalue weighted by molar-refractivity contribution is -0.120. The van der Waals surface area contributed by atoms with Gasteiger partial charge in [0.15, 0.2) is 6.61 Å². The summed E-state index contributed by atoms with van der Waals surface area (Å²) in [6, 6.07) is 13.6. The zero-order valence-electron chi connectivity index (χ0n) is 11.3. The lowest BCUT2D eigenvalue weighted by atomic mass is 10.00. The van der Waals surface area contributed by atoms with Gasteiger partial charge in [-0.25, -0.2) is 0 Å². The van der Waals surface area contributed by atoms with Gasteiger partial charge in [0.05, 0.1) is 0 Å². The molecule has 0 bridgehead atoms. The van der Waals surface area contributed by atoms with Gasteiger partial charge in [-0.1, -0.05) is 30.3 Å². The smallest absolute Gasteiger partial charge is 0.220 e. The van der Waals surface area contributed by atoms with Gasteiger partial charge >= 0.3 is 0 Å². The molecule has 0 aliphatic heterocycles. The second-order valence-electron chi connectivity index (χ2n) is 4.39. The Balaban J connectivity index is 2.33. The molecule has 2 aromatic rings. The van der Waals surface area contributed by atoms with E-state index in [4.69, 9.17) is 10.00 Å². The monoisotopic (exact) mass is 268 g/mol. The number of amides is 1. The number of hydrogen-bond acceptors (Lipinski definition) is 3. The number of nitrogens with one attached hydrogen (secondary N) is 1. The molecule has 0 atom stereocenters. The Labute approximate surface area is 118 Å². The van der Waals surface area contributed by atoms with Crippen LogP contribution in [0.4, 0.5) is 0 Å². The zero-order chi connectivity index (χ0) is 14.4. The quantitative estimate of drug-likeness (QED) is 0.905. The molecule has 102 valence electrons. The van der Waals surface area contributed by atoms with Crippen molar-refractivity contribution < 1.29 is 9.53 Å². The number of carbonyl (C=O) groups is 1. The first-order chi connectivity index (χ1) is 9.76. The Hall–Kier alpha value is -2.54. The fraction of sp³-hybridized carbons (Fsp3) is 0.250. The van der Waals surface area contributed by atoms with Crippen LogP contribution in [0, 0.1) is 11.3 Å². The van der Waals surface area contributed by atoms with E-state index in [2.05, 4.69) is 5.32 Å². The van der Waals surface area contributed by atoms with Crippen molar-refractivity contribution in [2.75, 3.05) is 13.7 Å². The molecular formula is C16H16N2O2. The number of ether oxygens (including phenoxy) is 1. The average Bonchev–Trinajstić information content (AvgIpc) is 2.50. The summed E-state index contributed by atoms with van der Waals surface area (Å²) >= 11 is 0. The molecule has 20 heavy (non-hydrogen) atoms. The molecule has 0 heterocycles. The van der Waals surface area contributed by atoms with Gasteiger partial charge in [0, 0.05) is 18.9 Å². The lowest BCUT2D eigenvalue weighted by Crippen LogP contribution is -2.17. The maximum atomic E-state index is 11.4. The van der Waals surface area contributed by atoms with Crippen molar-refractivity contribution in [3.63, 3.8) is 0 Å². The number of aryl methyl sites for hydroxylation is 1. The fourth-order valence-corrected chi connectivity index (χ4v) is 2.17. The lowest BCUT2D eigenvalue weighted by Gasteiger charge is -2.10. The molecule has 1 amide bonds. The molecule has 0 saturated heterocycles. The van der Waals surface area contributed by atoms with Crippen LogP contribution in [0.25, 0.3) is 10.8 Å². The number of carbonyl (C=O) groups excluding carboxylic acids is 1. The van der Waals surface area contributed by atoms with E-state index in [0.717, 1.165) is 16.3 Å². The highest BCUT2D eigenvalue weighted by molar-refractivity contribution is 5.91. The SMILES string of the molecule is CNC(=O)CCc1cccc2c(OCC#N)cccc12. The van der Waals surface area contributed by atoms with Crippen LogP contribution < -0.4 is 10.1 Å². The zero-order valence-corrected chi connectivity index (χ0v) is 11.3. The van der Waals surface area contributed by atoms with E-state index in [9.17, 15) is 4.79 Å². The summed E-state index contributed by atoms with van der Waals surface area (Å²) in [5.41, 5.74) is 1.11. The molecule has 2 aromatic carbocycles. The maximum Gasteiger partial charge on any atom is 0.220 e. The van der Waals surface area contributed by atoms with E-state index in [1.165, 1.54) is 0 Å². The van der Waals surface area contributed by atoms with Crippen LogP contribution in [0.1, 0.15) is 12.0 Å². The van der Waals surface area contributed by atoms with Gasteiger partial charge in [0.25, 0.3) is 0 Å². The highest BCUT2D eigenvalue weighted by Gasteiger charge is 2.07. The number of nitriles is 1. The fourth-order valence-electron chi connectivity index (χ4n) is 2.17. The molecule has 2 rings (SSSR count). The van der Waals surface area contributed by atoms with E-state index >= 15 is 0 Å². The predicted molar refractivity (Wildman–Crippen MR) is 77.4 cm³/mol. The molecule has 0 spiro atoms. The molecule has 4 nitrogen and oxygen atoms in total. The first kappa shape index (κ1) is 13.9. The number of hydrogen-bond donors (Lipinski definition) is 1. The van der Waals surface area contributed by atoms with Gasteiger partial charge in [-0.15, -0.1) is 0 Å². The summed E-state index contributed by atoms with van der Waals surface area (Å²) in [4.78, 5) is 11.4. The minimum Gasteiger partial charge on any atom is -0.478 e. The number of benzene rings is 2. The molecule has 0 saturated carbocycles. The van der Waals surface area contributed by atoms with Crippen molar-refractivity contribution in [1.29, 1.82) is 5.26 Å². The Morgan fingerprint density at radius 1 is 1.25 bits per heavy atom. The summed E-state index contributed by atoms with van der Waals surface area (Å²) in [6.45, 7) is 0.0293. The second-order valence-corrected chi connectivity index (χ2v) is 4.39. The van der Waals surface area contributed by atoms with Crippen LogP contribution in [0.2, 0.25) is 0 Å². The van der Waals surface area contributed by atoms with Crippen molar-refractivity contribution in [1.82, 2.24) is 5.32 Å². The molecule has 1 N–H and O–H groups in total. The Morgan fingerprint density at radius 2 is 2.00 bits per heavy atom. The van der Waals surface area contributed by atoms with E-state index in [1.807, 2.05) is 42.5 Å². The van der Waals surface area contributed by atoms with Crippen LogP contribution >= 0.6 is 0 Å². The van der Waals surface area contributed by atoms with E-state index in [-0.39, 0.29) is 12.5 Å². The van der Waals surface area contributed by atoms with Crippen molar-refractivity contribution in [3.05, 3.63) is 42.0 Å². The average molecular weight is 268 g/mol. The molecule has 0 unspecified atom stereocenters. The van der Waals surface area contributed by atoms with Gasteiger partial charge in [0.2, 0.25) is 5.91 Å². The third kappa shape index (κ3) is 3.07.